The van der Waals surface area contributed by atoms with Gasteiger partial charge in [0.15, 0.2) is 0 Å². The lowest BCUT2D eigenvalue weighted by molar-refractivity contribution is -0.127. The first-order valence-corrected chi connectivity index (χ1v) is 14.0. The zero-order chi connectivity index (χ0) is 27.2. The molecule has 1 aliphatic carbocycles. The van der Waals surface area contributed by atoms with E-state index in [0.717, 1.165) is 41.7 Å². The molecule has 39 heavy (non-hydrogen) atoms. The molecule has 202 valence electrons. The zero-order valence-electron chi connectivity index (χ0n) is 22.1. The number of hydrogen-bond donors (Lipinski definition) is 1. The fraction of sp³-hybridized carbons (Fsp3) is 0.345. The quantitative estimate of drug-likeness (QED) is 0.325. The first-order chi connectivity index (χ1) is 19.0. The Labute approximate surface area is 231 Å². The lowest BCUT2D eigenvalue weighted by Gasteiger charge is -2.34. The Kier molecular flexibility index (Phi) is 8.31. The van der Waals surface area contributed by atoms with Gasteiger partial charge in [-0.15, -0.1) is 16.4 Å². The molecular formula is C29H32N6O3S. The number of hydrogen-bond acceptors (Lipinski definition) is 7. The van der Waals surface area contributed by atoms with E-state index in [1.807, 2.05) is 48.7 Å². The summed E-state index contributed by atoms with van der Waals surface area (Å²) < 4.78 is 7.17. The number of benzene rings is 2. The van der Waals surface area contributed by atoms with Crippen LogP contribution in [0.15, 0.2) is 66.3 Å². The van der Waals surface area contributed by atoms with Crippen LogP contribution in [0.5, 0.6) is 5.75 Å². The van der Waals surface area contributed by atoms with Crippen molar-refractivity contribution in [2.75, 3.05) is 12.0 Å². The zero-order valence-corrected chi connectivity index (χ0v) is 22.9. The van der Waals surface area contributed by atoms with Gasteiger partial charge in [-0.2, -0.15) is 4.68 Å². The summed E-state index contributed by atoms with van der Waals surface area (Å²) in [5, 5.41) is 16.6. The van der Waals surface area contributed by atoms with Crippen molar-refractivity contribution in [1.82, 2.24) is 25.5 Å². The lowest BCUT2D eigenvalue weighted by atomic mass is 9.94. The Hall–Kier alpha value is -4.05. The Morgan fingerprint density at radius 3 is 2.59 bits per heavy atom. The van der Waals surface area contributed by atoms with Crippen molar-refractivity contribution in [1.29, 1.82) is 0 Å². The number of nitrogens with zero attached hydrogens (tertiary/aromatic N) is 5. The number of methoxy groups -OCH3 is 1. The molecule has 2 aromatic heterocycles. The molecule has 0 unspecified atom stereocenters. The highest BCUT2D eigenvalue weighted by Crippen LogP contribution is 2.35. The molecule has 9 nitrogen and oxygen atoms in total. The minimum atomic E-state index is -0.858. The molecule has 10 heteroatoms. The predicted molar refractivity (Wildman–Crippen MR) is 150 cm³/mol. The molecule has 2 amide bonds. The van der Waals surface area contributed by atoms with Gasteiger partial charge in [0.2, 0.25) is 11.8 Å². The molecule has 0 spiro atoms. The number of carbonyl (C=O) groups excluding carboxylic acids is 2. The smallest absolute Gasteiger partial charge is 0.248 e. The molecule has 2 aromatic carbocycles. The van der Waals surface area contributed by atoms with Gasteiger partial charge >= 0.3 is 0 Å². The molecule has 1 N–H and O–H groups in total. The van der Waals surface area contributed by atoms with E-state index in [9.17, 15) is 9.59 Å². The second-order valence-electron chi connectivity index (χ2n) is 9.79. The van der Waals surface area contributed by atoms with E-state index in [0.29, 0.717) is 17.1 Å². The maximum Gasteiger partial charge on any atom is 0.248 e. The van der Waals surface area contributed by atoms with Gasteiger partial charge in [0.05, 0.1) is 13.5 Å². The molecule has 1 fully saturated rings. The summed E-state index contributed by atoms with van der Waals surface area (Å²) in [5.41, 5.74) is 3.00. The third-order valence-corrected chi connectivity index (χ3v) is 7.94. The number of carbonyl (C=O) groups is 2. The van der Waals surface area contributed by atoms with E-state index >= 15 is 0 Å². The van der Waals surface area contributed by atoms with Crippen LogP contribution in [-0.4, -0.2) is 45.2 Å². The van der Waals surface area contributed by atoms with Crippen molar-refractivity contribution >= 4 is 28.8 Å². The van der Waals surface area contributed by atoms with Crippen molar-refractivity contribution in [3.05, 3.63) is 82.3 Å². The SMILES string of the molecule is COc1cc(N(C(=O)Cc2cccs2)[C@H](C(=O)NC2CCCCC2)c2ccc(C)cc2)ccc1-n1cnnn1. The van der Waals surface area contributed by atoms with Crippen molar-refractivity contribution in [2.24, 2.45) is 0 Å². The fourth-order valence-electron chi connectivity index (χ4n) is 5.06. The molecule has 1 saturated carbocycles. The summed E-state index contributed by atoms with van der Waals surface area (Å²) in [5.74, 6) is 0.108. The number of anilines is 1. The first kappa shape index (κ1) is 26.6. The van der Waals surface area contributed by atoms with E-state index in [2.05, 4.69) is 20.8 Å². The maximum atomic E-state index is 14.1. The summed E-state index contributed by atoms with van der Waals surface area (Å²) in [4.78, 5) is 30.7. The number of aromatic nitrogens is 4. The van der Waals surface area contributed by atoms with Crippen LogP contribution in [0.3, 0.4) is 0 Å². The highest BCUT2D eigenvalue weighted by atomic mass is 32.1. The molecule has 0 aliphatic heterocycles. The topological polar surface area (TPSA) is 102 Å². The van der Waals surface area contributed by atoms with E-state index in [-0.39, 0.29) is 24.3 Å². The normalized spacial score (nSPS) is 14.5. The van der Waals surface area contributed by atoms with Gasteiger partial charge < -0.3 is 10.1 Å². The highest BCUT2D eigenvalue weighted by molar-refractivity contribution is 7.10. The summed E-state index contributed by atoms with van der Waals surface area (Å²) in [6, 6.07) is 16.3. The Balaban J connectivity index is 1.59. The van der Waals surface area contributed by atoms with Crippen LogP contribution < -0.4 is 15.0 Å². The number of tetrazole rings is 1. The van der Waals surface area contributed by atoms with Crippen LogP contribution in [0.4, 0.5) is 5.69 Å². The minimum absolute atomic E-state index is 0.102. The van der Waals surface area contributed by atoms with Gasteiger partial charge in [-0.25, -0.2) is 0 Å². The number of ether oxygens (including phenoxy) is 1. The van der Waals surface area contributed by atoms with Gasteiger partial charge in [0.25, 0.3) is 0 Å². The molecule has 1 aliphatic rings. The van der Waals surface area contributed by atoms with E-state index < -0.39 is 6.04 Å². The number of amides is 2. The molecule has 2 heterocycles. The predicted octanol–water partition coefficient (Wildman–Crippen LogP) is 4.81. The Morgan fingerprint density at radius 1 is 1.13 bits per heavy atom. The summed E-state index contributed by atoms with van der Waals surface area (Å²) in [7, 11) is 1.55. The minimum Gasteiger partial charge on any atom is -0.494 e. The number of aryl methyl sites for hydroxylation is 1. The van der Waals surface area contributed by atoms with Gasteiger partial charge in [0, 0.05) is 22.7 Å². The average Bonchev–Trinajstić information content (AvgIpc) is 3.67. The van der Waals surface area contributed by atoms with Crippen LogP contribution >= 0.6 is 11.3 Å². The maximum absolute atomic E-state index is 14.1. The number of rotatable bonds is 9. The van der Waals surface area contributed by atoms with Gasteiger partial charge in [-0.3, -0.25) is 14.5 Å². The van der Waals surface area contributed by atoms with Gasteiger partial charge in [0.1, 0.15) is 23.8 Å². The summed E-state index contributed by atoms with van der Waals surface area (Å²) in [6.07, 6.45) is 6.92. The second-order valence-corrected chi connectivity index (χ2v) is 10.8. The molecular weight excluding hydrogens is 512 g/mol. The molecule has 0 bridgehead atoms. The third kappa shape index (κ3) is 6.17. The monoisotopic (exact) mass is 544 g/mol. The van der Waals surface area contributed by atoms with E-state index in [1.54, 1.807) is 30.2 Å². The third-order valence-electron chi connectivity index (χ3n) is 7.06. The fourth-order valence-corrected chi connectivity index (χ4v) is 5.75. The van der Waals surface area contributed by atoms with Gasteiger partial charge in [-0.05, 0) is 59.3 Å². The average molecular weight is 545 g/mol. The molecule has 1 atom stereocenters. The van der Waals surface area contributed by atoms with E-state index in [1.165, 1.54) is 28.8 Å². The Morgan fingerprint density at radius 2 is 1.92 bits per heavy atom. The number of thiophene rings is 1. The second kappa shape index (κ2) is 12.2. The molecule has 4 aromatic rings. The molecule has 5 rings (SSSR count). The van der Waals surface area contributed by atoms with Crippen molar-refractivity contribution in [3.8, 4) is 11.4 Å². The van der Waals surface area contributed by atoms with E-state index in [4.69, 9.17) is 4.74 Å². The molecule has 0 saturated heterocycles. The molecule has 0 radical (unpaired) electrons. The van der Waals surface area contributed by atoms with Crippen molar-refractivity contribution in [2.45, 2.75) is 57.5 Å². The van der Waals surface area contributed by atoms with Crippen LogP contribution in [0, 0.1) is 6.92 Å². The van der Waals surface area contributed by atoms with Gasteiger partial charge in [-0.1, -0.05) is 55.2 Å². The lowest BCUT2D eigenvalue weighted by Crippen LogP contribution is -2.47. The van der Waals surface area contributed by atoms with Crippen molar-refractivity contribution in [3.63, 3.8) is 0 Å². The van der Waals surface area contributed by atoms with Crippen molar-refractivity contribution < 1.29 is 14.3 Å². The first-order valence-electron chi connectivity index (χ1n) is 13.2. The Bertz CT molecular complexity index is 1380. The van der Waals surface area contributed by atoms with Crippen LogP contribution in [0.25, 0.3) is 5.69 Å². The van der Waals surface area contributed by atoms with Crippen LogP contribution in [0.2, 0.25) is 0 Å². The van der Waals surface area contributed by atoms with Crippen LogP contribution in [0.1, 0.15) is 54.1 Å². The summed E-state index contributed by atoms with van der Waals surface area (Å²) in [6.45, 7) is 2.00. The van der Waals surface area contributed by atoms with Crippen LogP contribution in [-0.2, 0) is 16.0 Å². The standard InChI is InChI=1S/C29H32N6O3S/c1-20-10-12-21(13-11-20)28(29(37)31-22-7-4-3-5-8-22)35(27(36)18-24-9-6-16-39-24)23-14-15-25(26(17-23)38-2)34-19-30-32-33-34/h6,9-17,19,22,28H,3-5,7-8,18H2,1-2H3,(H,31,37)/t28-/m0/s1. The number of nitrogens with one attached hydrogen (secondary N) is 1. The highest BCUT2D eigenvalue weighted by Gasteiger charge is 2.34. The summed E-state index contributed by atoms with van der Waals surface area (Å²) >= 11 is 1.52. The largest absolute Gasteiger partial charge is 0.494 e.